The highest BCUT2D eigenvalue weighted by Gasteiger charge is 2.41. The molecule has 2 aromatic rings. The molecule has 0 amide bonds. The van der Waals surface area contributed by atoms with Gasteiger partial charge in [0.2, 0.25) is 0 Å². The molecule has 1 fully saturated rings. The van der Waals surface area contributed by atoms with Gasteiger partial charge in [-0.1, -0.05) is 12.1 Å². The molecule has 1 saturated heterocycles. The van der Waals surface area contributed by atoms with Crippen LogP contribution in [0.25, 0.3) is 0 Å². The summed E-state index contributed by atoms with van der Waals surface area (Å²) in [6.45, 7) is 3.92. The molecule has 1 unspecified atom stereocenters. The van der Waals surface area contributed by atoms with Crippen LogP contribution >= 0.6 is 0 Å². The van der Waals surface area contributed by atoms with Crippen molar-refractivity contribution in [2.24, 2.45) is 0 Å². The number of ketones is 1. The fraction of sp³-hybridized carbons (Fsp3) is 0.474. The molecule has 1 aromatic heterocycles. The predicted molar refractivity (Wildman–Crippen MR) is 91.3 cm³/mol. The molecule has 0 aliphatic carbocycles. The van der Waals surface area contributed by atoms with E-state index in [1.807, 2.05) is 47.4 Å². The Morgan fingerprint density at radius 2 is 2.04 bits per heavy atom. The molecule has 2 aliphatic rings. The zero-order valence-electron chi connectivity index (χ0n) is 13.9. The van der Waals surface area contributed by atoms with Crippen LogP contribution in [0, 0.1) is 0 Å². The van der Waals surface area contributed by atoms with Crippen molar-refractivity contribution in [3.8, 4) is 5.75 Å². The molecule has 24 heavy (non-hydrogen) atoms. The molecule has 5 nitrogen and oxygen atoms in total. The van der Waals surface area contributed by atoms with Gasteiger partial charge >= 0.3 is 0 Å². The van der Waals surface area contributed by atoms with E-state index < -0.39 is 0 Å². The molecule has 0 bridgehead atoms. The lowest BCUT2D eigenvalue weighted by molar-refractivity contribution is 0.0300. The lowest BCUT2D eigenvalue weighted by Crippen LogP contribution is -2.43. The summed E-state index contributed by atoms with van der Waals surface area (Å²) < 4.78 is 8.31. The van der Waals surface area contributed by atoms with Crippen molar-refractivity contribution in [2.45, 2.75) is 37.8 Å². The van der Waals surface area contributed by atoms with Gasteiger partial charge in [-0.25, -0.2) is 0 Å². The van der Waals surface area contributed by atoms with Crippen LogP contribution in [0.4, 0.5) is 0 Å². The number of hydrogen-bond acceptors (Lipinski definition) is 4. The number of likely N-dealkylation sites (tertiary alicyclic amines) is 1. The second kappa shape index (κ2) is 6.40. The first-order valence-electron chi connectivity index (χ1n) is 8.75. The topological polar surface area (TPSA) is 47.4 Å². The average Bonchev–Trinajstić information content (AvgIpc) is 3.03. The summed E-state index contributed by atoms with van der Waals surface area (Å²) in [7, 11) is 0. The van der Waals surface area contributed by atoms with Crippen molar-refractivity contribution in [1.29, 1.82) is 0 Å². The Labute approximate surface area is 142 Å². The Balaban J connectivity index is 1.42. The molecular weight excluding hydrogens is 302 g/mol. The summed E-state index contributed by atoms with van der Waals surface area (Å²) >= 11 is 0. The smallest absolute Gasteiger partial charge is 0.170 e. The first kappa shape index (κ1) is 15.4. The molecule has 5 heteroatoms. The second-order valence-corrected chi connectivity index (χ2v) is 6.85. The van der Waals surface area contributed by atoms with E-state index in [4.69, 9.17) is 4.74 Å². The minimum absolute atomic E-state index is 0.224. The first-order chi connectivity index (χ1) is 11.7. The monoisotopic (exact) mass is 325 g/mol. The van der Waals surface area contributed by atoms with Crippen LogP contribution in [-0.2, 0) is 6.54 Å². The van der Waals surface area contributed by atoms with Gasteiger partial charge in [0.25, 0.3) is 0 Å². The molecule has 1 spiro atoms. The number of benzene rings is 1. The highest BCUT2D eigenvalue weighted by Crippen LogP contribution is 2.39. The molecule has 1 atom stereocenters. The van der Waals surface area contributed by atoms with E-state index in [2.05, 4.69) is 10.00 Å². The van der Waals surface area contributed by atoms with Gasteiger partial charge in [-0.05, 0) is 37.6 Å². The number of carbonyl (C=O) groups is 1. The summed E-state index contributed by atoms with van der Waals surface area (Å²) in [5.74, 6) is 0.987. The Kier molecular flexibility index (Phi) is 4.10. The van der Waals surface area contributed by atoms with Crippen molar-refractivity contribution in [3.05, 3.63) is 48.3 Å². The van der Waals surface area contributed by atoms with E-state index in [1.165, 1.54) is 0 Å². The number of hydrogen-bond donors (Lipinski definition) is 0. The van der Waals surface area contributed by atoms with Crippen molar-refractivity contribution < 1.29 is 9.53 Å². The number of para-hydroxylation sites is 1. The maximum Gasteiger partial charge on any atom is 0.170 e. The van der Waals surface area contributed by atoms with E-state index >= 15 is 0 Å². The predicted octanol–water partition coefficient (Wildman–Crippen LogP) is 2.77. The van der Waals surface area contributed by atoms with Crippen molar-refractivity contribution in [2.75, 3.05) is 19.6 Å². The van der Waals surface area contributed by atoms with Crippen LogP contribution in [0.3, 0.4) is 0 Å². The molecular formula is C19H23N3O2. The van der Waals surface area contributed by atoms with Gasteiger partial charge in [0.15, 0.2) is 5.78 Å². The lowest BCUT2D eigenvalue weighted by Gasteiger charge is -2.37. The Morgan fingerprint density at radius 3 is 2.92 bits per heavy atom. The molecule has 126 valence electrons. The standard InChI is InChI=1S/C19H23N3O2/c23-17-15-19(24-18-6-2-1-5-16(17)18)7-3-10-21(12-8-19)13-14-22-11-4-9-20-22/h1-2,4-6,9,11H,3,7-8,10,12-15H2. The van der Waals surface area contributed by atoms with Crippen LogP contribution in [0.5, 0.6) is 5.75 Å². The molecule has 0 saturated carbocycles. The first-order valence-corrected chi connectivity index (χ1v) is 8.75. The van der Waals surface area contributed by atoms with E-state index in [0.29, 0.717) is 6.42 Å². The molecule has 0 N–H and O–H groups in total. The van der Waals surface area contributed by atoms with Crippen molar-refractivity contribution in [3.63, 3.8) is 0 Å². The zero-order chi connectivity index (χ0) is 16.4. The summed E-state index contributed by atoms with van der Waals surface area (Å²) in [6, 6.07) is 9.60. The minimum Gasteiger partial charge on any atom is -0.486 e. The van der Waals surface area contributed by atoms with E-state index in [-0.39, 0.29) is 11.4 Å². The number of rotatable bonds is 3. The van der Waals surface area contributed by atoms with E-state index in [1.54, 1.807) is 0 Å². The lowest BCUT2D eigenvalue weighted by atomic mass is 9.84. The Bertz CT molecular complexity index is 713. The maximum atomic E-state index is 12.5. The maximum absolute atomic E-state index is 12.5. The van der Waals surface area contributed by atoms with Gasteiger partial charge in [-0.3, -0.25) is 9.48 Å². The molecule has 3 heterocycles. The average molecular weight is 325 g/mol. The SMILES string of the molecule is O=C1CC2(CCCN(CCn3cccn3)CC2)Oc2ccccc21. The third kappa shape index (κ3) is 3.08. The van der Waals surface area contributed by atoms with Gasteiger partial charge in [0.05, 0.1) is 18.5 Å². The Morgan fingerprint density at radius 1 is 1.12 bits per heavy atom. The summed E-state index contributed by atoms with van der Waals surface area (Å²) in [5.41, 5.74) is 0.425. The van der Waals surface area contributed by atoms with Gasteiger partial charge in [-0.15, -0.1) is 0 Å². The van der Waals surface area contributed by atoms with E-state index in [9.17, 15) is 4.79 Å². The van der Waals surface area contributed by atoms with Crippen molar-refractivity contribution in [1.82, 2.24) is 14.7 Å². The molecule has 4 rings (SSSR count). The molecule has 0 radical (unpaired) electrons. The zero-order valence-corrected chi connectivity index (χ0v) is 13.9. The van der Waals surface area contributed by atoms with Crippen LogP contribution in [0.1, 0.15) is 36.0 Å². The highest BCUT2D eigenvalue weighted by atomic mass is 16.5. The third-order valence-corrected chi connectivity index (χ3v) is 5.19. The van der Waals surface area contributed by atoms with E-state index in [0.717, 1.165) is 56.8 Å². The van der Waals surface area contributed by atoms with Crippen LogP contribution in [0.15, 0.2) is 42.7 Å². The highest BCUT2D eigenvalue weighted by molar-refractivity contribution is 6.00. The van der Waals surface area contributed by atoms with Crippen LogP contribution in [0.2, 0.25) is 0 Å². The van der Waals surface area contributed by atoms with Gasteiger partial charge in [-0.2, -0.15) is 5.10 Å². The number of carbonyl (C=O) groups excluding carboxylic acids is 1. The van der Waals surface area contributed by atoms with Gasteiger partial charge in [0.1, 0.15) is 11.4 Å². The largest absolute Gasteiger partial charge is 0.486 e. The number of nitrogens with zero attached hydrogens (tertiary/aromatic N) is 3. The van der Waals surface area contributed by atoms with Crippen LogP contribution < -0.4 is 4.74 Å². The fourth-order valence-electron chi connectivity index (χ4n) is 3.85. The minimum atomic E-state index is -0.314. The fourth-order valence-corrected chi connectivity index (χ4v) is 3.85. The molecule has 1 aromatic carbocycles. The summed E-state index contributed by atoms with van der Waals surface area (Å²) in [5, 5.41) is 4.26. The van der Waals surface area contributed by atoms with Crippen LogP contribution in [-0.4, -0.2) is 45.7 Å². The normalized spacial score (nSPS) is 24.4. The summed E-state index contributed by atoms with van der Waals surface area (Å²) in [6.07, 6.45) is 7.25. The molecule has 2 aliphatic heterocycles. The number of Topliss-reactive ketones (excluding diaryl/α,β-unsaturated/α-hetero) is 1. The van der Waals surface area contributed by atoms with Crippen molar-refractivity contribution >= 4 is 5.78 Å². The second-order valence-electron chi connectivity index (χ2n) is 6.85. The third-order valence-electron chi connectivity index (χ3n) is 5.19. The summed E-state index contributed by atoms with van der Waals surface area (Å²) in [4.78, 5) is 15.0. The number of fused-ring (bicyclic) bond motifs is 1. The van der Waals surface area contributed by atoms with Gasteiger partial charge < -0.3 is 9.64 Å². The Hall–Kier alpha value is -2.14. The van der Waals surface area contributed by atoms with Gasteiger partial charge in [0, 0.05) is 31.9 Å². The number of ether oxygens (including phenoxy) is 1. The quantitative estimate of drug-likeness (QED) is 0.870. The number of aromatic nitrogens is 2.